The number of hydrogen-bond acceptors (Lipinski definition) is 3. The summed E-state index contributed by atoms with van der Waals surface area (Å²) < 4.78 is 0. The van der Waals surface area contributed by atoms with Crippen molar-refractivity contribution in [3.8, 4) is 0 Å². The Morgan fingerprint density at radius 2 is 1.74 bits per heavy atom. The summed E-state index contributed by atoms with van der Waals surface area (Å²) in [5, 5.41) is 3.04. The fourth-order valence-electron chi connectivity index (χ4n) is 2.82. The summed E-state index contributed by atoms with van der Waals surface area (Å²) in [6.07, 6.45) is 26.4. The standard InChI is InChI=1S/C27H35NO3/c1-4-5-6-7-17-24-18-11-8-14-22(2)15-9-12-19-25(29)26(30)21-23(3)16-10-13-20-27(31)28-24/h6-11,13-16,20-21,24H,4-5,12,17-19H2,1-3H3,(H,28,31)/b7-6?,11-8?,15-9?,16-10?,20-13?,22-14+,23-21?. The van der Waals surface area contributed by atoms with Crippen LogP contribution in [0.25, 0.3) is 0 Å². The molecule has 4 nitrogen and oxygen atoms in total. The lowest BCUT2D eigenvalue weighted by molar-refractivity contribution is -0.133. The minimum atomic E-state index is -0.499. The molecule has 4 heteroatoms. The second kappa shape index (κ2) is 15.8. The Balaban J connectivity index is 2.98. The molecule has 1 amide bonds. The maximum Gasteiger partial charge on any atom is 0.244 e. The van der Waals surface area contributed by atoms with E-state index in [1.165, 1.54) is 12.2 Å². The molecular formula is C27H35NO3. The molecule has 0 aromatic carbocycles. The number of carbonyl (C=O) groups is 3. The molecule has 1 aliphatic rings. The molecule has 166 valence electrons. The Hall–Kier alpha value is -3.01. The fourth-order valence-corrected chi connectivity index (χ4v) is 2.82. The SMILES string of the molecule is CCCC=CCC1CC=C/C=C(\C)C=CCCC(=O)C(=O)C=C(C)C=CC=CC(=O)N1. The summed E-state index contributed by atoms with van der Waals surface area (Å²) in [5.74, 6) is -1.06. The van der Waals surface area contributed by atoms with Crippen molar-refractivity contribution < 1.29 is 14.4 Å². The number of nitrogens with one attached hydrogen (secondary N) is 1. The molecule has 31 heavy (non-hydrogen) atoms. The largest absolute Gasteiger partial charge is 0.349 e. The Bertz CT molecular complexity index is 819. The molecular weight excluding hydrogens is 386 g/mol. The van der Waals surface area contributed by atoms with Gasteiger partial charge in [-0.25, -0.2) is 0 Å². The summed E-state index contributed by atoms with van der Waals surface area (Å²) in [6, 6.07) is 0.0191. The fraction of sp³-hybridized carbons (Fsp3) is 0.370. The smallest absolute Gasteiger partial charge is 0.244 e. The highest BCUT2D eigenvalue weighted by atomic mass is 16.2. The van der Waals surface area contributed by atoms with Crippen LogP contribution in [0.2, 0.25) is 0 Å². The molecule has 0 radical (unpaired) electrons. The van der Waals surface area contributed by atoms with E-state index >= 15 is 0 Å². The van der Waals surface area contributed by atoms with Crippen molar-refractivity contribution in [2.75, 3.05) is 0 Å². The van der Waals surface area contributed by atoms with Gasteiger partial charge in [-0.1, -0.05) is 79.7 Å². The number of Topliss-reactive ketones (excluding diaryl/α,β-unsaturated/α-hetero) is 1. The molecule has 0 saturated carbocycles. The third kappa shape index (κ3) is 13.0. The number of ketones is 2. The van der Waals surface area contributed by atoms with Gasteiger partial charge < -0.3 is 5.32 Å². The maximum absolute atomic E-state index is 12.3. The van der Waals surface area contributed by atoms with Gasteiger partial charge in [0.25, 0.3) is 0 Å². The Morgan fingerprint density at radius 3 is 2.52 bits per heavy atom. The number of allylic oxidation sites excluding steroid dienone is 11. The summed E-state index contributed by atoms with van der Waals surface area (Å²) in [4.78, 5) is 36.2. The van der Waals surface area contributed by atoms with Crippen LogP contribution >= 0.6 is 0 Å². The van der Waals surface area contributed by atoms with Gasteiger partial charge in [-0.3, -0.25) is 14.4 Å². The van der Waals surface area contributed by atoms with Crippen LogP contribution in [0.3, 0.4) is 0 Å². The first-order valence-electron chi connectivity index (χ1n) is 11.0. The minimum absolute atomic E-state index is 0.0191. The molecule has 0 spiro atoms. The first-order valence-corrected chi connectivity index (χ1v) is 11.0. The van der Waals surface area contributed by atoms with E-state index in [4.69, 9.17) is 0 Å². The first kappa shape index (κ1) is 26.0. The van der Waals surface area contributed by atoms with Crippen LogP contribution in [0.1, 0.15) is 59.3 Å². The summed E-state index contributed by atoms with van der Waals surface area (Å²) in [6.45, 7) is 5.87. The van der Waals surface area contributed by atoms with Crippen molar-refractivity contribution in [1.29, 1.82) is 0 Å². The number of carbonyl (C=O) groups excluding carboxylic acids is 3. The molecule has 1 heterocycles. The van der Waals surface area contributed by atoms with E-state index in [2.05, 4.69) is 24.4 Å². The van der Waals surface area contributed by atoms with E-state index in [9.17, 15) is 14.4 Å². The quantitative estimate of drug-likeness (QED) is 0.471. The highest BCUT2D eigenvalue weighted by molar-refractivity contribution is 6.41. The van der Waals surface area contributed by atoms with Gasteiger partial charge in [-0.2, -0.15) is 0 Å². The van der Waals surface area contributed by atoms with Crippen molar-refractivity contribution in [3.63, 3.8) is 0 Å². The van der Waals surface area contributed by atoms with Crippen LogP contribution in [-0.4, -0.2) is 23.5 Å². The molecule has 0 aromatic heterocycles. The number of amides is 1. The second-order valence-corrected chi connectivity index (χ2v) is 7.61. The highest BCUT2D eigenvalue weighted by Gasteiger charge is 2.09. The third-order valence-corrected chi connectivity index (χ3v) is 4.58. The lowest BCUT2D eigenvalue weighted by atomic mass is 10.1. The molecule has 0 fully saturated rings. The van der Waals surface area contributed by atoms with E-state index in [0.29, 0.717) is 12.0 Å². The molecule has 0 aromatic rings. The second-order valence-electron chi connectivity index (χ2n) is 7.61. The predicted octanol–water partition coefficient (Wildman–Crippen LogP) is 5.66. The van der Waals surface area contributed by atoms with E-state index in [1.807, 2.05) is 37.3 Å². The van der Waals surface area contributed by atoms with Gasteiger partial charge in [0.15, 0.2) is 0 Å². The van der Waals surface area contributed by atoms with Gasteiger partial charge in [0, 0.05) is 18.5 Å². The predicted molar refractivity (Wildman–Crippen MR) is 129 cm³/mol. The van der Waals surface area contributed by atoms with Gasteiger partial charge in [0.1, 0.15) is 0 Å². The number of hydrogen-bond donors (Lipinski definition) is 1. The zero-order valence-corrected chi connectivity index (χ0v) is 19.0. The highest BCUT2D eigenvalue weighted by Crippen LogP contribution is 2.06. The van der Waals surface area contributed by atoms with Crippen molar-refractivity contribution in [2.24, 2.45) is 0 Å². The van der Waals surface area contributed by atoms with Crippen molar-refractivity contribution in [1.82, 2.24) is 5.32 Å². The molecule has 1 N–H and O–H groups in total. The zero-order valence-electron chi connectivity index (χ0n) is 19.0. The molecule has 0 aliphatic carbocycles. The summed E-state index contributed by atoms with van der Waals surface area (Å²) in [5.41, 5.74) is 1.72. The maximum atomic E-state index is 12.3. The molecule has 1 atom stereocenters. The van der Waals surface area contributed by atoms with Gasteiger partial charge in [0.05, 0.1) is 0 Å². The van der Waals surface area contributed by atoms with Crippen molar-refractivity contribution >= 4 is 17.5 Å². The van der Waals surface area contributed by atoms with Crippen LogP contribution < -0.4 is 5.32 Å². The number of rotatable bonds is 4. The van der Waals surface area contributed by atoms with Gasteiger partial charge >= 0.3 is 0 Å². The topological polar surface area (TPSA) is 63.2 Å². The van der Waals surface area contributed by atoms with Gasteiger partial charge in [0.2, 0.25) is 17.5 Å². The van der Waals surface area contributed by atoms with Gasteiger partial charge in [-0.15, -0.1) is 0 Å². The minimum Gasteiger partial charge on any atom is -0.349 e. The lowest BCUT2D eigenvalue weighted by Gasteiger charge is -2.14. The molecule has 1 rings (SSSR count). The van der Waals surface area contributed by atoms with Crippen LogP contribution in [0.4, 0.5) is 0 Å². The summed E-state index contributed by atoms with van der Waals surface area (Å²) in [7, 11) is 0. The van der Waals surface area contributed by atoms with Crippen LogP contribution in [0.5, 0.6) is 0 Å². The summed E-state index contributed by atoms with van der Waals surface area (Å²) >= 11 is 0. The van der Waals surface area contributed by atoms with E-state index < -0.39 is 11.6 Å². The molecule has 1 unspecified atom stereocenters. The van der Waals surface area contributed by atoms with Crippen LogP contribution in [0.15, 0.2) is 84.1 Å². The molecule has 0 saturated heterocycles. The molecule has 1 aliphatic heterocycles. The Kier molecular flexibility index (Phi) is 13.2. The van der Waals surface area contributed by atoms with Crippen LogP contribution in [-0.2, 0) is 14.4 Å². The van der Waals surface area contributed by atoms with E-state index in [1.54, 1.807) is 25.2 Å². The average molecular weight is 422 g/mol. The zero-order chi connectivity index (χ0) is 22.9. The Morgan fingerprint density at radius 1 is 0.968 bits per heavy atom. The molecule has 0 bridgehead atoms. The van der Waals surface area contributed by atoms with Crippen LogP contribution in [0, 0.1) is 0 Å². The van der Waals surface area contributed by atoms with Crippen molar-refractivity contribution in [2.45, 2.75) is 65.3 Å². The van der Waals surface area contributed by atoms with E-state index in [-0.39, 0.29) is 18.4 Å². The lowest BCUT2D eigenvalue weighted by Crippen LogP contribution is -2.32. The van der Waals surface area contributed by atoms with Crippen molar-refractivity contribution in [3.05, 3.63) is 84.1 Å². The monoisotopic (exact) mass is 421 g/mol. The average Bonchev–Trinajstić information content (AvgIpc) is 2.73. The normalized spacial score (nSPS) is 21.6. The van der Waals surface area contributed by atoms with E-state index in [0.717, 1.165) is 31.3 Å². The number of unbranched alkanes of at least 4 members (excludes halogenated alkanes) is 1. The third-order valence-electron chi connectivity index (χ3n) is 4.58. The Labute approximate surface area is 186 Å². The first-order chi connectivity index (χ1) is 14.9. The van der Waals surface area contributed by atoms with Gasteiger partial charge in [-0.05, 0) is 51.2 Å².